The Morgan fingerprint density at radius 3 is 2.58 bits per heavy atom. The van der Waals surface area contributed by atoms with Crippen molar-refractivity contribution in [3.8, 4) is 22.8 Å². The van der Waals surface area contributed by atoms with Crippen LogP contribution in [-0.2, 0) is 0 Å². The third kappa shape index (κ3) is 3.59. The van der Waals surface area contributed by atoms with E-state index in [1.807, 2.05) is 55.5 Å². The third-order valence-corrected chi connectivity index (χ3v) is 3.81. The number of aromatic hydroxyl groups is 1. The van der Waals surface area contributed by atoms with E-state index < -0.39 is 0 Å². The van der Waals surface area contributed by atoms with Crippen molar-refractivity contribution in [1.82, 2.24) is 9.97 Å². The van der Waals surface area contributed by atoms with Crippen LogP contribution in [0.2, 0.25) is 0 Å². The second-order valence-electron chi connectivity index (χ2n) is 5.16. The molecule has 0 saturated carbocycles. The largest absolute Gasteiger partial charge is 0.503 e. The van der Waals surface area contributed by atoms with Gasteiger partial charge in [0.05, 0.1) is 5.69 Å². The van der Waals surface area contributed by atoms with Crippen molar-refractivity contribution in [3.05, 3.63) is 60.4 Å². The highest BCUT2D eigenvalue weighted by Gasteiger charge is 2.13. The minimum absolute atomic E-state index is 0.00521. The lowest BCUT2D eigenvalue weighted by atomic mass is 10.1. The van der Waals surface area contributed by atoms with Crippen LogP contribution in [0.5, 0.6) is 11.5 Å². The van der Waals surface area contributed by atoms with Crippen LogP contribution >= 0.6 is 22.6 Å². The van der Waals surface area contributed by atoms with Crippen LogP contribution in [0.1, 0.15) is 5.56 Å². The van der Waals surface area contributed by atoms with Crippen molar-refractivity contribution in [2.75, 3.05) is 9.93 Å². The number of benzene rings is 2. The summed E-state index contributed by atoms with van der Waals surface area (Å²) in [5, 5.41) is 13.7. The van der Waals surface area contributed by atoms with Gasteiger partial charge in [0.2, 0.25) is 0 Å². The summed E-state index contributed by atoms with van der Waals surface area (Å²) in [6, 6.07) is 15.3. The van der Waals surface area contributed by atoms with E-state index in [1.54, 1.807) is 0 Å². The van der Waals surface area contributed by atoms with Crippen molar-refractivity contribution in [2.45, 2.75) is 6.92 Å². The minimum Gasteiger partial charge on any atom is -0.503 e. The molecule has 1 heterocycles. The molecule has 122 valence electrons. The van der Waals surface area contributed by atoms with Gasteiger partial charge in [-0.05, 0) is 41.6 Å². The predicted molar refractivity (Wildman–Crippen MR) is 103 cm³/mol. The van der Waals surface area contributed by atoms with E-state index in [0.717, 1.165) is 16.8 Å². The molecule has 5 nitrogen and oxygen atoms in total. The molecule has 0 unspecified atom stereocenters. The van der Waals surface area contributed by atoms with Gasteiger partial charge in [0.1, 0.15) is 22.4 Å². The lowest BCUT2D eigenvalue weighted by Gasteiger charge is -2.13. The van der Waals surface area contributed by atoms with Gasteiger partial charge in [-0.3, -0.25) is 0 Å². The Kier molecular flexibility index (Phi) is 5.14. The standard InChI is InChI=1S/C18H16IN3O2/c1-12-6-8-13(9-7-12)16-17(23)18(21-11-20-16)22-14-4-2-3-5-15(14)24-10-19/h2-9,11,23H,10H2,1H3,(H,20,21,22). The fourth-order valence-corrected chi connectivity index (χ4v) is 2.61. The number of nitrogens with one attached hydrogen (secondary N) is 1. The fraction of sp³-hybridized carbons (Fsp3) is 0.111. The summed E-state index contributed by atoms with van der Waals surface area (Å²) in [7, 11) is 0. The van der Waals surface area contributed by atoms with Crippen LogP contribution < -0.4 is 10.1 Å². The second kappa shape index (κ2) is 7.48. The minimum atomic E-state index is 0.00521. The molecule has 0 bridgehead atoms. The Labute approximate surface area is 153 Å². The number of alkyl halides is 1. The zero-order chi connectivity index (χ0) is 16.9. The maximum absolute atomic E-state index is 10.6. The Balaban J connectivity index is 1.96. The monoisotopic (exact) mass is 433 g/mol. The van der Waals surface area contributed by atoms with Gasteiger partial charge >= 0.3 is 0 Å². The molecule has 0 aliphatic heterocycles. The number of nitrogens with zero attached hydrogens (tertiary/aromatic N) is 2. The van der Waals surface area contributed by atoms with E-state index >= 15 is 0 Å². The first-order chi connectivity index (χ1) is 11.7. The zero-order valence-electron chi connectivity index (χ0n) is 13.0. The molecule has 1 aromatic heterocycles. The number of rotatable bonds is 5. The van der Waals surface area contributed by atoms with Crippen LogP contribution in [-0.4, -0.2) is 19.7 Å². The molecule has 0 radical (unpaired) electrons. The maximum atomic E-state index is 10.6. The molecule has 2 N–H and O–H groups in total. The first-order valence-electron chi connectivity index (χ1n) is 7.35. The molecule has 0 atom stereocenters. The topological polar surface area (TPSA) is 67.3 Å². The Morgan fingerprint density at radius 2 is 1.83 bits per heavy atom. The number of aryl methyl sites for hydroxylation is 1. The van der Waals surface area contributed by atoms with E-state index in [4.69, 9.17) is 4.74 Å². The Bertz CT molecular complexity index is 838. The molecule has 0 aliphatic rings. The van der Waals surface area contributed by atoms with Crippen molar-refractivity contribution in [1.29, 1.82) is 0 Å². The lowest BCUT2D eigenvalue weighted by molar-refractivity contribution is 0.406. The van der Waals surface area contributed by atoms with Crippen molar-refractivity contribution in [2.24, 2.45) is 0 Å². The summed E-state index contributed by atoms with van der Waals surface area (Å²) in [5.74, 6) is 1.04. The average molecular weight is 433 g/mol. The van der Waals surface area contributed by atoms with Gasteiger partial charge in [0, 0.05) is 5.56 Å². The molecule has 3 aromatic rings. The average Bonchev–Trinajstić information content (AvgIpc) is 2.60. The number of para-hydroxylation sites is 2. The first kappa shape index (κ1) is 16.5. The van der Waals surface area contributed by atoms with Crippen LogP contribution in [0.3, 0.4) is 0 Å². The molecule has 0 fully saturated rings. The summed E-state index contributed by atoms with van der Waals surface area (Å²) < 4.78 is 6.10. The highest BCUT2D eigenvalue weighted by molar-refractivity contribution is 14.1. The van der Waals surface area contributed by atoms with Crippen LogP contribution in [0.15, 0.2) is 54.9 Å². The van der Waals surface area contributed by atoms with E-state index in [1.165, 1.54) is 6.33 Å². The maximum Gasteiger partial charge on any atom is 0.185 e. The third-order valence-electron chi connectivity index (χ3n) is 3.50. The highest BCUT2D eigenvalue weighted by Crippen LogP contribution is 2.35. The zero-order valence-corrected chi connectivity index (χ0v) is 15.2. The summed E-state index contributed by atoms with van der Waals surface area (Å²) in [4.78, 5) is 8.35. The van der Waals surface area contributed by atoms with Crippen molar-refractivity contribution >= 4 is 34.1 Å². The van der Waals surface area contributed by atoms with E-state index in [-0.39, 0.29) is 5.75 Å². The number of anilines is 2. The summed E-state index contributed by atoms with van der Waals surface area (Å²) in [5.41, 5.74) is 3.20. The van der Waals surface area contributed by atoms with Gasteiger partial charge in [-0.1, -0.05) is 42.0 Å². The van der Waals surface area contributed by atoms with Gasteiger partial charge in [0.15, 0.2) is 11.6 Å². The normalized spacial score (nSPS) is 10.4. The van der Waals surface area contributed by atoms with E-state index in [9.17, 15) is 5.11 Å². The lowest BCUT2D eigenvalue weighted by Crippen LogP contribution is -2.00. The molecular formula is C18H16IN3O2. The van der Waals surface area contributed by atoms with Gasteiger partial charge in [-0.25, -0.2) is 9.97 Å². The molecule has 0 spiro atoms. The molecule has 3 rings (SSSR count). The molecular weight excluding hydrogens is 417 g/mol. The number of hydrogen-bond acceptors (Lipinski definition) is 5. The van der Waals surface area contributed by atoms with Crippen molar-refractivity contribution < 1.29 is 9.84 Å². The molecule has 0 aliphatic carbocycles. The smallest absolute Gasteiger partial charge is 0.185 e. The fourth-order valence-electron chi connectivity index (χ4n) is 2.28. The highest BCUT2D eigenvalue weighted by atomic mass is 127. The van der Waals surface area contributed by atoms with Gasteiger partial charge in [0.25, 0.3) is 0 Å². The molecule has 0 saturated heterocycles. The molecule has 2 aromatic carbocycles. The number of hydrogen-bond donors (Lipinski definition) is 2. The summed E-state index contributed by atoms with van der Waals surface area (Å²) in [6.45, 7) is 2.01. The van der Waals surface area contributed by atoms with Crippen LogP contribution in [0.25, 0.3) is 11.3 Å². The number of halogens is 1. The number of ether oxygens (including phenoxy) is 1. The van der Waals surface area contributed by atoms with Crippen molar-refractivity contribution in [3.63, 3.8) is 0 Å². The SMILES string of the molecule is Cc1ccc(-c2ncnc(Nc3ccccc3OCI)c2O)cc1. The number of aromatic nitrogens is 2. The molecule has 6 heteroatoms. The van der Waals surface area contributed by atoms with E-state index in [2.05, 4.69) is 37.9 Å². The summed E-state index contributed by atoms with van der Waals surface area (Å²) in [6.07, 6.45) is 1.43. The van der Waals surface area contributed by atoms with Crippen LogP contribution in [0, 0.1) is 6.92 Å². The quantitative estimate of drug-likeness (QED) is 0.452. The van der Waals surface area contributed by atoms with Crippen LogP contribution in [0.4, 0.5) is 11.5 Å². The molecule has 24 heavy (non-hydrogen) atoms. The van der Waals surface area contributed by atoms with Gasteiger partial charge < -0.3 is 15.2 Å². The second-order valence-corrected chi connectivity index (χ2v) is 5.78. The predicted octanol–water partition coefficient (Wildman–Crippen LogP) is 4.67. The first-order valence-corrected chi connectivity index (χ1v) is 8.87. The van der Waals surface area contributed by atoms with Gasteiger partial charge in [-0.2, -0.15) is 0 Å². The Hall–Kier alpha value is -2.35. The molecule has 0 amide bonds. The van der Waals surface area contributed by atoms with Gasteiger partial charge in [-0.15, -0.1) is 0 Å². The van der Waals surface area contributed by atoms with E-state index in [0.29, 0.717) is 21.9 Å². The summed E-state index contributed by atoms with van der Waals surface area (Å²) >= 11 is 2.14. The Morgan fingerprint density at radius 1 is 1.08 bits per heavy atom.